The number of imide groups is 1. The average Bonchev–Trinajstić information content (AvgIpc) is 3.47. The molecule has 0 fully saturated rings. The third-order valence-electron chi connectivity index (χ3n) is 8.06. The van der Waals surface area contributed by atoms with Gasteiger partial charge in [-0.2, -0.15) is 0 Å². The Kier molecular flexibility index (Phi) is 7.61. The van der Waals surface area contributed by atoms with Crippen molar-refractivity contribution < 1.29 is 28.7 Å². The van der Waals surface area contributed by atoms with Gasteiger partial charge in [0, 0.05) is 25.7 Å². The molecule has 0 saturated heterocycles. The Morgan fingerprint density at radius 3 is 2.09 bits per heavy atom. The first kappa shape index (κ1) is 28.7. The Balaban J connectivity index is 1.19. The number of hydrogen-bond acceptors (Lipinski definition) is 7. The van der Waals surface area contributed by atoms with Crippen molar-refractivity contribution in [3.05, 3.63) is 114 Å². The zero-order valence-electron chi connectivity index (χ0n) is 24.4. The molecule has 9 heteroatoms. The zero-order chi connectivity index (χ0) is 31.0. The number of carbonyl (C=O) groups is 4. The number of esters is 1. The number of benzene rings is 4. The molecule has 9 nitrogen and oxygen atoms in total. The number of rotatable bonds is 9. The van der Waals surface area contributed by atoms with Crippen molar-refractivity contribution in [3.63, 3.8) is 0 Å². The molecule has 1 N–H and O–H groups in total. The second-order valence-corrected chi connectivity index (χ2v) is 11.0. The topological polar surface area (TPSA) is 105 Å². The van der Waals surface area contributed by atoms with E-state index < -0.39 is 36.5 Å². The van der Waals surface area contributed by atoms with E-state index in [1.807, 2.05) is 85.7 Å². The van der Waals surface area contributed by atoms with Crippen molar-refractivity contribution in [1.82, 2.24) is 10.2 Å². The summed E-state index contributed by atoms with van der Waals surface area (Å²) in [7, 11) is 3.83. The first-order chi connectivity index (χ1) is 21.3. The minimum atomic E-state index is -1.36. The molecule has 1 atom stereocenters. The fourth-order valence-electron chi connectivity index (χ4n) is 5.85. The molecule has 6 rings (SSSR count). The SMILES string of the molecule is C=CCOC(=O)[C@H](CN1C(=O)c2cc3ccc(N(C)C)cc3cc2C1=O)NC(=O)OCC1c2ccccc2-c2ccccc21. The van der Waals surface area contributed by atoms with E-state index in [9.17, 15) is 19.2 Å². The van der Waals surface area contributed by atoms with Crippen molar-refractivity contribution >= 4 is 40.3 Å². The number of hydrogen-bond donors (Lipinski definition) is 1. The first-order valence-corrected chi connectivity index (χ1v) is 14.3. The zero-order valence-corrected chi connectivity index (χ0v) is 24.4. The van der Waals surface area contributed by atoms with E-state index in [1.54, 1.807) is 12.1 Å². The van der Waals surface area contributed by atoms with Gasteiger partial charge in [-0.3, -0.25) is 14.5 Å². The Morgan fingerprint density at radius 1 is 0.864 bits per heavy atom. The van der Waals surface area contributed by atoms with Crippen LogP contribution >= 0.6 is 0 Å². The summed E-state index contributed by atoms with van der Waals surface area (Å²) in [6.07, 6.45) is 0.517. The van der Waals surface area contributed by atoms with Crippen molar-refractivity contribution in [2.45, 2.75) is 12.0 Å². The smallest absolute Gasteiger partial charge is 0.407 e. The van der Waals surface area contributed by atoms with E-state index in [1.165, 1.54) is 6.08 Å². The molecule has 2 aliphatic rings. The van der Waals surface area contributed by atoms with Crippen LogP contribution in [0.1, 0.15) is 37.8 Å². The maximum atomic E-state index is 13.4. The fourth-order valence-corrected chi connectivity index (χ4v) is 5.85. The summed E-state index contributed by atoms with van der Waals surface area (Å²) in [5.74, 6) is -2.12. The highest BCUT2D eigenvalue weighted by molar-refractivity contribution is 6.23. The molecule has 0 spiro atoms. The van der Waals surface area contributed by atoms with E-state index in [4.69, 9.17) is 9.47 Å². The van der Waals surface area contributed by atoms with Gasteiger partial charge in [0.15, 0.2) is 0 Å². The van der Waals surface area contributed by atoms with Crippen LogP contribution in [-0.4, -0.2) is 68.7 Å². The van der Waals surface area contributed by atoms with Crippen LogP contribution in [0.3, 0.4) is 0 Å². The van der Waals surface area contributed by atoms with E-state index in [2.05, 4.69) is 11.9 Å². The maximum Gasteiger partial charge on any atom is 0.407 e. The number of amides is 3. The predicted octanol–water partition coefficient (Wildman–Crippen LogP) is 5.14. The van der Waals surface area contributed by atoms with Gasteiger partial charge in [-0.25, -0.2) is 9.59 Å². The minimum Gasteiger partial charge on any atom is -0.460 e. The number of nitrogens with zero attached hydrogens (tertiary/aromatic N) is 2. The van der Waals surface area contributed by atoms with Crippen LogP contribution in [0, 0.1) is 0 Å². The lowest BCUT2D eigenvalue weighted by Crippen LogP contribution is -2.50. The molecular weight excluding hydrogens is 558 g/mol. The summed E-state index contributed by atoms with van der Waals surface area (Å²) in [5.41, 5.74) is 5.66. The van der Waals surface area contributed by atoms with E-state index >= 15 is 0 Å². The summed E-state index contributed by atoms with van der Waals surface area (Å²) in [6, 6.07) is 23.6. The van der Waals surface area contributed by atoms with Crippen molar-refractivity contribution in [2.24, 2.45) is 0 Å². The molecule has 4 aromatic carbocycles. The highest BCUT2D eigenvalue weighted by Crippen LogP contribution is 2.44. The maximum absolute atomic E-state index is 13.4. The molecule has 1 aliphatic carbocycles. The van der Waals surface area contributed by atoms with E-state index in [0.29, 0.717) is 0 Å². The largest absolute Gasteiger partial charge is 0.460 e. The van der Waals surface area contributed by atoms with Gasteiger partial charge in [-0.1, -0.05) is 67.3 Å². The van der Waals surface area contributed by atoms with Crippen molar-refractivity contribution in [1.29, 1.82) is 0 Å². The quantitative estimate of drug-likeness (QED) is 0.164. The lowest BCUT2D eigenvalue weighted by Gasteiger charge is -2.22. The van der Waals surface area contributed by atoms with Crippen LogP contribution in [0.5, 0.6) is 0 Å². The highest BCUT2D eigenvalue weighted by Gasteiger charge is 2.39. The van der Waals surface area contributed by atoms with Crippen molar-refractivity contribution in [3.8, 4) is 11.1 Å². The monoisotopic (exact) mass is 589 g/mol. The third-order valence-corrected chi connectivity index (χ3v) is 8.06. The number of nitrogens with one attached hydrogen (secondary N) is 1. The van der Waals surface area contributed by atoms with Crippen molar-refractivity contribution in [2.75, 3.05) is 38.8 Å². The number of ether oxygens (including phenoxy) is 2. The molecule has 222 valence electrons. The van der Waals surface area contributed by atoms with Gasteiger partial charge in [-0.15, -0.1) is 0 Å². The standard InChI is InChI=1S/C35H31N3O6/c1-4-15-43-34(41)31(36-35(42)44-20-30-26-11-7-5-9-24(26)25-10-6-8-12-27(25)30)19-38-32(39)28-17-21-13-14-23(37(2)3)16-22(21)18-29(28)33(38)40/h4-14,16-18,30-31H,1,15,19-20H2,2-3H3,(H,36,42)/t31-/m0/s1. The Bertz CT molecular complexity index is 1790. The molecule has 1 aliphatic heterocycles. The van der Waals surface area contributed by atoms with Crippen LogP contribution in [-0.2, 0) is 14.3 Å². The molecule has 0 aromatic heterocycles. The molecule has 3 amide bonds. The third kappa shape index (κ3) is 5.17. The number of carbonyl (C=O) groups excluding carboxylic acids is 4. The van der Waals surface area contributed by atoms with Gasteiger partial charge in [-0.05, 0) is 57.3 Å². The first-order valence-electron chi connectivity index (χ1n) is 14.3. The van der Waals surface area contributed by atoms with Gasteiger partial charge in [0.1, 0.15) is 19.3 Å². The molecule has 0 saturated carbocycles. The Labute approximate surface area is 254 Å². The summed E-state index contributed by atoms with van der Waals surface area (Å²) < 4.78 is 10.8. The van der Waals surface area contributed by atoms with Gasteiger partial charge < -0.3 is 19.7 Å². The second kappa shape index (κ2) is 11.7. The molecule has 0 unspecified atom stereocenters. The van der Waals surface area contributed by atoms with E-state index in [0.717, 1.165) is 43.6 Å². The minimum absolute atomic E-state index is 0.0306. The van der Waals surface area contributed by atoms with Crippen LogP contribution in [0.4, 0.5) is 10.5 Å². The summed E-state index contributed by atoms with van der Waals surface area (Å²) >= 11 is 0. The molecule has 4 aromatic rings. The average molecular weight is 590 g/mol. The van der Waals surface area contributed by atoms with Gasteiger partial charge >= 0.3 is 12.1 Å². The fraction of sp³-hybridized carbons (Fsp3) is 0.200. The van der Waals surface area contributed by atoms with E-state index in [-0.39, 0.29) is 30.3 Å². The van der Waals surface area contributed by atoms with Gasteiger partial charge in [0.2, 0.25) is 0 Å². The molecule has 0 radical (unpaired) electrons. The Morgan fingerprint density at radius 2 is 1.48 bits per heavy atom. The molecular formula is C35H31N3O6. The summed E-state index contributed by atoms with van der Waals surface area (Å²) in [4.78, 5) is 55.8. The second-order valence-electron chi connectivity index (χ2n) is 11.0. The van der Waals surface area contributed by atoms with Gasteiger partial charge in [0.05, 0.1) is 17.7 Å². The normalized spacial score (nSPS) is 14.1. The summed E-state index contributed by atoms with van der Waals surface area (Å²) in [5, 5.41) is 4.13. The lowest BCUT2D eigenvalue weighted by molar-refractivity contribution is -0.144. The van der Waals surface area contributed by atoms with Gasteiger partial charge in [0.25, 0.3) is 11.8 Å². The summed E-state index contributed by atoms with van der Waals surface area (Å²) in [6.45, 7) is 3.05. The number of alkyl carbamates (subject to hydrolysis) is 1. The number of fused-ring (bicyclic) bond motifs is 5. The van der Waals surface area contributed by atoms with Crippen LogP contribution in [0.2, 0.25) is 0 Å². The molecule has 1 heterocycles. The highest BCUT2D eigenvalue weighted by atomic mass is 16.6. The lowest BCUT2D eigenvalue weighted by atomic mass is 9.98. The predicted molar refractivity (Wildman–Crippen MR) is 167 cm³/mol. The van der Waals surface area contributed by atoms with Crippen LogP contribution in [0.25, 0.3) is 21.9 Å². The van der Waals surface area contributed by atoms with Crippen LogP contribution in [0.15, 0.2) is 91.5 Å². The molecule has 0 bridgehead atoms. The van der Waals surface area contributed by atoms with Crippen LogP contribution < -0.4 is 10.2 Å². The number of anilines is 1. The Hall–Kier alpha value is -5.44. The molecule has 44 heavy (non-hydrogen) atoms.